The van der Waals surface area contributed by atoms with Crippen molar-refractivity contribution in [3.8, 4) is 0 Å². The van der Waals surface area contributed by atoms with Gasteiger partial charge in [0.1, 0.15) is 11.0 Å². The maximum atomic E-state index is 13.2. The van der Waals surface area contributed by atoms with Gasteiger partial charge < -0.3 is 20.8 Å². The highest BCUT2D eigenvalue weighted by molar-refractivity contribution is 7.17. The van der Waals surface area contributed by atoms with E-state index < -0.39 is 23.8 Å². The van der Waals surface area contributed by atoms with E-state index in [2.05, 4.69) is 10.6 Å². The van der Waals surface area contributed by atoms with Gasteiger partial charge >= 0.3 is 0 Å². The molecule has 3 amide bonds. The highest BCUT2D eigenvalue weighted by atomic mass is 32.1. The predicted molar refractivity (Wildman–Crippen MR) is 118 cm³/mol. The number of amides is 3. The Kier molecular flexibility index (Phi) is 6.18. The van der Waals surface area contributed by atoms with E-state index in [4.69, 9.17) is 10.2 Å². The quantitative estimate of drug-likeness (QED) is 0.526. The molecule has 0 radical (unpaired) electrons. The van der Waals surface area contributed by atoms with Gasteiger partial charge in [0, 0.05) is 11.3 Å². The Bertz CT molecular complexity index is 1090. The number of nitrogens with one attached hydrogen (secondary N) is 2. The molecule has 0 aliphatic heterocycles. The fourth-order valence-corrected chi connectivity index (χ4v) is 5.11. The Morgan fingerprint density at radius 1 is 1.06 bits per heavy atom. The summed E-state index contributed by atoms with van der Waals surface area (Å²) in [6.07, 6.45) is 5.39. The summed E-state index contributed by atoms with van der Waals surface area (Å²) in [7, 11) is 0. The lowest BCUT2D eigenvalue weighted by Gasteiger charge is -2.18. The molecule has 1 aliphatic rings. The largest absolute Gasteiger partial charge is 0.459 e. The molecule has 0 saturated carbocycles. The number of carbonyl (C=O) groups excluding carboxylic acids is 3. The van der Waals surface area contributed by atoms with Crippen molar-refractivity contribution in [1.82, 2.24) is 5.32 Å². The number of nitrogens with two attached hydrogens (primary N) is 1. The normalized spacial score (nSPS) is 13.8. The van der Waals surface area contributed by atoms with Crippen LogP contribution in [-0.2, 0) is 24.1 Å². The number of rotatable bonds is 7. The molecule has 0 unspecified atom stereocenters. The number of hydrogen-bond donors (Lipinski definition) is 3. The number of furan rings is 1. The van der Waals surface area contributed by atoms with Crippen LogP contribution in [-0.4, -0.2) is 23.8 Å². The Hall–Kier alpha value is -3.39. The number of hydrogen-bond acceptors (Lipinski definition) is 5. The van der Waals surface area contributed by atoms with Crippen molar-refractivity contribution in [2.45, 2.75) is 38.1 Å². The SMILES string of the molecule is NC(=O)c1c(NC(=O)[C@H](Cc2ccccc2)NC(=O)c2ccco2)sc2c1CCCC2. The Labute approximate surface area is 183 Å². The van der Waals surface area contributed by atoms with Crippen molar-refractivity contribution in [2.24, 2.45) is 5.73 Å². The molecule has 0 saturated heterocycles. The lowest BCUT2D eigenvalue weighted by atomic mass is 9.95. The van der Waals surface area contributed by atoms with Crippen molar-refractivity contribution in [3.63, 3.8) is 0 Å². The summed E-state index contributed by atoms with van der Waals surface area (Å²) in [5.41, 5.74) is 7.86. The van der Waals surface area contributed by atoms with E-state index in [0.717, 1.165) is 41.7 Å². The summed E-state index contributed by atoms with van der Waals surface area (Å²) >= 11 is 1.39. The first-order valence-corrected chi connectivity index (χ1v) is 11.0. The van der Waals surface area contributed by atoms with Crippen molar-refractivity contribution >= 4 is 34.1 Å². The van der Waals surface area contributed by atoms with Crippen LogP contribution in [0.2, 0.25) is 0 Å². The average Bonchev–Trinajstić information content (AvgIpc) is 3.41. The van der Waals surface area contributed by atoms with Crippen LogP contribution in [0.1, 0.15) is 49.8 Å². The summed E-state index contributed by atoms with van der Waals surface area (Å²) in [6.45, 7) is 0. The topological polar surface area (TPSA) is 114 Å². The smallest absolute Gasteiger partial charge is 0.287 e. The zero-order valence-corrected chi connectivity index (χ0v) is 17.7. The molecule has 31 heavy (non-hydrogen) atoms. The summed E-state index contributed by atoms with van der Waals surface area (Å²) in [5.74, 6) is -1.32. The molecule has 1 aliphatic carbocycles. The number of fused-ring (bicyclic) bond motifs is 1. The predicted octanol–water partition coefficient (Wildman–Crippen LogP) is 3.30. The summed E-state index contributed by atoms with van der Waals surface area (Å²) in [6, 6.07) is 11.7. The zero-order chi connectivity index (χ0) is 21.8. The number of benzene rings is 1. The van der Waals surface area contributed by atoms with Gasteiger partial charge in [-0.1, -0.05) is 30.3 Å². The average molecular weight is 438 g/mol. The number of thiophene rings is 1. The minimum atomic E-state index is -0.861. The van der Waals surface area contributed by atoms with Gasteiger partial charge in [0.25, 0.3) is 11.8 Å². The number of aryl methyl sites for hydroxylation is 1. The van der Waals surface area contributed by atoms with E-state index in [1.807, 2.05) is 30.3 Å². The minimum absolute atomic E-state index is 0.121. The minimum Gasteiger partial charge on any atom is -0.459 e. The second-order valence-corrected chi connectivity index (χ2v) is 8.57. The van der Waals surface area contributed by atoms with Gasteiger partial charge in [-0.15, -0.1) is 11.3 Å². The van der Waals surface area contributed by atoms with E-state index in [9.17, 15) is 14.4 Å². The molecule has 7 nitrogen and oxygen atoms in total. The molecule has 2 aromatic heterocycles. The van der Waals surface area contributed by atoms with Crippen LogP contribution in [0.15, 0.2) is 53.1 Å². The van der Waals surface area contributed by atoms with Crippen molar-refractivity contribution in [2.75, 3.05) is 5.32 Å². The molecule has 0 fully saturated rings. The monoisotopic (exact) mass is 437 g/mol. The van der Waals surface area contributed by atoms with Gasteiger partial charge in [0.15, 0.2) is 5.76 Å². The molecular formula is C23H23N3O4S. The van der Waals surface area contributed by atoms with Gasteiger partial charge in [-0.25, -0.2) is 0 Å². The molecule has 3 aromatic rings. The Balaban J connectivity index is 1.59. The molecule has 160 valence electrons. The molecule has 4 N–H and O–H groups in total. The Morgan fingerprint density at radius 3 is 2.55 bits per heavy atom. The van der Waals surface area contributed by atoms with Crippen LogP contribution in [0.4, 0.5) is 5.00 Å². The van der Waals surface area contributed by atoms with Gasteiger partial charge in [0.2, 0.25) is 5.91 Å². The molecule has 0 spiro atoms. The van der Waals surface area contributed by atoms with E-state index >= 15 is 0 Å². The van der Waals surface area contributed by atoms with Crippen LogP contribution in [0, 0.1) is 0 Å². The molecule has 1 atom stereocenters. The van der Waals surface area contributed by atoms with E-state index in [0.29, 0.717) is 10.6 Å². The standard InChI is InChI=1S/C23H23N3O4S/c24-20(27)19-15-9-4-5-11-18(15)31-23(19)26-21(28)16(13-14-7-2-1-3-8-14)25-22(29)17-10-6-12-30-17/h1-3,6-8,10,12,16H,4-5,9,11,13H2,(H2,24,27)(H,25,29)(H,26,28)/t16-/m0/s1. The third-order valence-corrected chi connectivity index (χ3v) is 6.51. The Morgan fingerprint density at radius 2 is 1.84 bits per heavy atom. The van der Waals surface area contributed by atoms with Crippen LogP contribution in [0.3, 0.4) is 0 Å². The van der Waals surface area contributed by atoms with Gasteiger partial charge in [-0.3, -0.25) is 14.4 Å². The fraction of sp³-hybridized carbons (Fsp3) is 0.261. The van der Waals surface area contributed by atoms with Crippen molar-refractivity contribution < 1.29 is 18.8 Å². The number of carbonyl (C=O) groups is 3. The highest BCUT2D eigenvalue weighted by Crippen LogP contribution is 2.38. The summed E-state index contributed by atoms with van der Waals surface area (Å²) in [5, 5.41) is 6.05. The van der Waals surface area contributed by atoms with Crippen LogP contribution in [0.5, 0.6) is 0 Å². The first-order chi connectivity index (χ1) is 15.0. The molecule has 2 heterocycles. The first kappa shape index (κ1) is 20.9. The van der Waals surface area contributed by atoms with Gasteiger partial charge in [0.05, 0.1) is 11.8 Å². The summed E-state index contributed by atoms with van der Waals surface area (Å²) in [4.78, 5) is 39.0. The molecule has 8 heteroatoms. The third-order valence-electron chi connectivity index (χ3n) is 5.30. The first-order valence-electron chi connectivity index (χ1n) is 10.2. The van der Waals surface area contributed by atoms with Gasteiger partial charge in [-0.2, -0.15) is 0 Å². The molecule has 1 aromatic carbocycles. The zero-order valence-electron chi connectivity index (χ0n) is 16.9. The third kappa shape index (κ3) is 4.69. The second-order valence-electron chi connectivity index (χ2n) is 7.46. The summed E-state index contributed by atoms with van der Waals surface area (Å²) < 4.78 is 5.15. The highest BCUT2D eigenvalue weighted by Gasteiger charge is 2.28. The van der Waals surface area contributed by atoms with E-state index in [-0.39, 0.29) is 12.2 Å². The maximum absolute atomic E-state index is 13.2. The fourth-order valence-electron chi connectivity index (χ4n) is 3.81. The van der Waals surface area contributed by atoms with Gasteiger partial charge in [-0.05, 0) is 48.9 Å². The van der Waals surface area contributed by atoms with Crippen LogP contribution in [0.25, 0.3) is 0 Å². The molecular weight excluding hydrogens is 414 g/mol. The lowest BCUT2D eigenvalue weighted by molar-refractivity contribution is -0.117. The van der Waals surface area contributed by atoms with E-state index in [1.165, 1.54) is 23.7 Å². The van der Waals surface area contributed by atoms with Crippen LogP contribution < -0.4 is 16.4 Å². The molecule has 0 bridgehead atoms. The lowest BCUT2D eigenvalue weighted by Crippen LogP contribution is -2.45. The second kappa shape index (κ2) is 9.18. The van der Waals surface area contributed by atoms with E-state index in [1.54, 1.807) is 6.07 Å². The van der Waals surface area contributed by atoms with Crippen molar-refractivity contribution in [3.05, 3.63) is 76.1 Å². The number of anilines is 1. The number of primary amides is 1. The molecule has 4 rings (SSSR count). The van der Waals surface area contributed by atoms with Crippen LogP contribution >= 0.6 is 11.3 Å². The van der Waals surface area contributed by atoms with Crippen molar-refractivity contribution in [1.29, 1.82) is 0 Å². The maximum Gasteiger partial charge on any atom is 0.287 e.